The lowest BCUT2D eigenvalue weighted by atomic mass is 10.0. The summed E-state index contributed by atoms with van der Waals surface area (Å²) in [6.45, 7) is 0. The maximum atomic E-state index is 12.9. The van der Waals surface area contributed by atoms with E-state index in [1.54, 1.807) is 12.1 Å². The minimum atomic E-state index is -4.68. The Kier molecular flexibility index (Phi) is 3.02. The van der Waals surface area contributed by atoms with Crippen LogP contribution in [0.5, 0.6) is 0 Å². The van der Waals surface area contributed by atoms with Crippen LogP contribution in [0, 0.1) is 0 Å². The van der Waals surface area contributed by atoms with Crippen molar-refractivity contribution in [1.82, 2.24) is 4.98 Å². The van der Waals surface area contributed by atoms with Gasteiger partial charge in [0.2, 0.25) is 5.78 Å². The van der Waals surface area contributed by atoms with E-state index >= 15 is 0 Å². The van der Waals surface area contributed by atoms with Gasteiger partial charge in [0, 0.05) is 17.1 Å². The summed E-state index contributed by atoms with van der Waals surface area (Å²) in [6.07, 6.45) is -2.61. The summed E-state index contributed by atoms with van der Waals surface area (Å²) < 4.78 is 50.0. The van der Waals surface area contributed by atoms with Gasteiger partial charge in [-0.2, -0.15) is 8.78 Å². The van der Waals surface area contributed by atoms with Crippen LogP contribution >= 0.6 is 0 Å². The van der Waals surface area contributed by atoms with Crippen molar-refractivity contribution in [3.8, 4) is 0 Å². The highest BCUT2D eigenvalue weighted by Crippen LogP contribution is 2.28. The Bertz CT molecular complexity index is 597. The van der Waals surface area contributed by atoms with Crippen LogP contribution in [-0.2, 0) is 0 Å². The lowest BCUT2D eigenvalue weighted by Crippen LogP contribution is -2.36. The van der Waals surface area contributed by atoms with Crippen molar-refractivity contribution in [1.29, 1.82) is 0 Å². The van der Waals surface area contributed by atoms with Crippen LogP contribution in [0.2, 0.25) is 0 Å². The molecular formula is C12H7F4NO. The van der Waals surface area contributed by atoms with Gasteiger partial charge in [0.25, 0.3) is 0 Å². The summed E-state index contributed by atoms with van der Waals surface area (Å²) in [4.78, 5) is 15.2. The van der Waals surface area contributed by atoms with Crippen LogP contribution in [0.4, 0.5) is 17.6 Å². The number of aromatic nitrogens is 1. The number of benzene rings is 1. The first-order valence-electron chi connectivity index (χ1n) is 4.98. The second-order valence-electron chi connectivity index (χ2n) is 3.66. The van der Waals surface area contributed by atoms with E-state index < -0.39 is 23.7 Å². The number of carbonyl (C=O) groups excluding carboxylic acids is 1. The molecule has 0 N–H and O–H groups in total. The average molecular weight is 257 g/mol. The van der Waals surface area contributed by atoms with Gasteiger partial charge in [-0.25, -0.2) is 8.78 Å². The molecule has 0 spiro atoms. The van der Waals surface area contributed by atoms with Gasteiger partial charge < -0.3 is 0 Å². The minimum Gasteiger partial charge on any atom is -0.287 e. The van der Waals surface area contributed by atoms with Gasteiger partial charge >= 0.3 is 12.3 Å². The predicted molar refractivity (Wildman–Crippen MR) is 57.0 cm³/mol. The van der Waals surface area contributed by atoms with Crippen molar-refractivity contribution >= 4 is 16.7 Å². The molecule has 0 radical (unpaired) electrons. The Balaban J connectivity index is 2.46. The van der Waals surface area contributed by atoms with Gasteiger partial charge in [0.05, 0.1) is 5.52 Å². The first-order chi connectivity index (χ1) is 8.43. The van der Waals surface area contributed by atoms with E-state index in [1.807, 2.05) is 0 Å². The molecule has 1 aromatic carbocycles. The van der Waals surface area contributed by atoms with Crippen LogP contribution in [-0.4, -0.2) is 23.1 Å². The normalized spacial score (nSPS) is 12.1. The summed E-state index contributed by atoms with van der Waals surface area (Å²) in [6, 6.07) is 6.85. The van der Waals surface area contributed by atoms with Crippen molar-refractivity contribution in [2.45, 2.75) is 12.3 Å². The number of hydrogen-bond acceptors (Lipinski definition) is 2. The molecular weight excluding hydrogens is 250 g/mol. The number of nitrogens with zero attached hydrogens (tertiary/aromatic N) is 1. The van der Waals surface area contributed by atoms with E-state index in [-0.39, 0.29) is 0 Å². The van der Waals surface area contributed by atoms with E-state index in [4.69, 9.17) is 0 Å². The lowest BCUT2D eigenvalue weighted by Gasteiger charge is -2.13. The topological polar surface area (TPSA) is 30.0 Å². The average Bonchev–Trinajstić information content (AvgIpc) is 2.37. The Morgan fingerprint density at radius 2 is 1.94 bits per heavy atom. The minimum absolute atomic E-state index is 0.299. The number of halogens is 4. The number of Topliss-reactive ketones (excluding diaryl/α,β-unsaturated/α-hetero) is 1. The van der Waals surface area contributed by atoms with Gasteiger partial charge in [-0.15, -0.1) is 0 Å². The van der Waals surface area contributed by atoms with Crippen LogP contribution in [0.15, 0.2) is 36.5 Å². The number of rotatable bonds is 3. The highest BCUT2D eigenvalue weighted by atomic mass is 19.3. The molecule has 0 amide bonds. The monoisotopic (exact) mass is 257 g/mol. The van der Waals surface area contributed by atoms with Crippen molar-refractivity contribution < 1.29 is 22.4 Å². The quantitative estimate of drug-likeness (QED) is 0.623. The molecule has 0 aliphatic heterocycles. The molecule has 18 heavy (non-hydrogen) atoms. The fourth-order valence-corrected chi connectivity index (χ4v) is 1.50. The zero-order chi connectivity index (χ0) is 13.3. The van der Waals surface area contributed by atoms with Crippen LogP contribution in [0.3, 0.4) is 0 Å². The summed E-state index contributed by atoms with van der Waals surface area (Å²) in [5, 5.41) is 0.634. The number of ketones is 1. The molecule has 0 unspecified atom stereocenters. The molecule has 0 aliphatic carbocycles. The van der Waals surface area contributed by atoms with Gasteiger partial charge in [0.1, 0.15) is 0 Å². The summed E-state index contributed by atoms with van der Waals surface area (Å²) in [5.74, 6) is -6.58. The molecule has 1 aromatic heterocycles. The largest absolute Gasteiger partial charge is 0.368 e. The molecule has 2 rings (SSSR count). The number of hydrogen-bond donors (Lipinski definition) is 0. The van der Waals surface area contributed by atoms with Gasteiger partial charge in [-0.3, -0.25) is 9.78 Å². The first-order valence-corrected chi connectivity index (χ1v) is 4.98. The molecule has 2 aromatic rings. The maximum Gasteiger partial charge on any atom is 0.368 e. The van der Waals surface area contributed by atoms with Crippen LogP contribution < -0.4 is 0 Å². The highest BCUT2D eigenvalue weighted by Gasteiger charge is 2.48. The zero-order valence-corrected chi connectivity index (χ0v) is 8.91. The van der Waals surface area contributed by atoms with Crippen LogP contribution in [0.1, 0.15) is 10.4 Å². The van der Waals surface area contributed by atoms with Crippen LogP contribution in [0.25, 0.3) is 10.9 Å². The lowest BCUT2D eigenvalue weighted by molar-refractivity contribution is -0.0958. The van der Waals surface area contributed by atoms with E-state index in [0.29, 0.717) is 10.9 Å². The molecule has 0 fully saturated rings. The SMILES string of the molecule is O=C(c1ccc2cccnc2c1)C(F)(F)C(F)F. The molecule has 0 saturated heterocycles. The Morgan fingerprint density at radius 1 is 1.22 bits per heavy atom. The maximum absolute atomic E-state index is 12.9. The zero-order valence-electron chi connectivity index (χ0n) is 8.91. The molecule has 2 nitrogen and oxygen atoms in total. The fourth-order valence-electron chi connectivity index (χ4n) is 1.50. The van der Waals surface area contributed by atoms with Crippen molar-refractivity contribution in [2.24, 2.45) is 0 Å². The van der Waals surface area contributed by atoms with Gasteiger partial charge in [-0.1, -0.05) is 18.2 Å². The molecule has 0 aliphatic rings. The Labute approximate surface area is 99.3 Å². The van der Waals surface area contributed by atoms with Crippen molar-refractivity contribution in [3.05, 3.63) is 42.1 Å². The van der Waals surface area contributed by atoms with E-state index in [9.17, 15) is 22.4 Å². The third-order valence-electron chi connectivity index (χ3n) is 2.44. The molecule has 0 saturated carbocycles. The second-order valence-corrected chi connectivity index (χ2v) is 3.66. The van der Waals surface area contributed by atoms with Crippen molar-refractivity contribution in [2.75, 3.05) is 0 Å². The predicted octanol–water partition coefficient (Wildman–Crippen LogP) is 3.32. The Morgan fingerprint density at radius 3 is 2.61 bits per heavy atom. The molecule has 1 heterocycles. The van der Waals surface area contributed by atoms with E-state index in [0.717, 1.165) is 12.1 Å². The number of pyridine rings is 1. The highest BCUT2D eigenvalue weighted by molar-refractivity contribution is 6.03. The standard InChI is InChI=1S/C12H7F4NO/c13-11(14)12(15,16)10(18)8-4-3-7-2-1-5-17-9(7)6-8/h1-6,11H. The first kappa shape index (κ1) is 12.5. The van der Waals surface area contributed by atoms with E-state index in [2.05, 4.69) is 4.98 Å². The summed E-state index contributed by atoms with van der Waals surface area (Å²) >= 11 is 0. The molecule has 0 bridgehead atoms. The smallest absolute Gasteiger partial charge is 0.287 e. The summed E-state index contributed by atoms with van der Waals surface area (Å²) in [7, 11) is 0. The number of alkyl halides is 4. The van der Waals surface area contributed by atoms with E-state index in [1.165, 1.54) is 12.3 Å². The third kappa shape index (κ3) is 2.05. The molecule has 6 heteroatoms. The number of fused-ring (bicyclic) bond motifs is 1. The molecule has 0 atom stereocenters. The summed E-state index contributed by atoms with van der Waals surface area (Å²) in [5.41, 5.74) is -0.181. The second kappa shape index (κ2) is 4.36. The van der Waals surface area contributed by atoms with Crippen molar-refractivity contribution in [3.63, 3.8) is 0 Å². The third-order valence-corrected chi connectivity index (χ3v) is 2.44. The van der Waals surface area contributed by atoms with Gasteiger partial charge in [0.15, 0.2) is 0 Å². The Hall–Kier alpha value is -1.98. The molecule has 94 valence electrons. The van der Waals surface area contributed by atoms with Gasteiger partial charge in [-0.05, 0) is 12.1 Å². The fraction of sp³-hybridized carbons (Fsp3) is 0.167. The number of carbonyl (C=O) groups is 1.